The molecule has 5 amide bonds. The lowest BCUT2D eigenvalue weighted by molar-refractivity contribution is -0.890. The number of hydrogen-bond donors (Lipinski definition) is 6. The van der Waals surface area contributed by atoms with Gasteiger partial charge < -0.3 is 78.8 Å². The van der Waals surface area contributed by atoms with E-state index in [0.29, 0.717) is 43.7 Å². The first-order valence-electron chi connectivity index (χ1n) is 32.5. The summed E-state index contributed by atoms with van der Waals surface area (Å²) in [5, 5.41) is 22.3. The van der Waals surface area contributed by atoms with Crippen molar-refractivity contribution in [1.29, 1.82) is 0 Å². The van der Waals surface area contributed by atoms with Crippen LogP contribution in [0.25, 0.3) is 0 Å². The minimum atomic E-state index is -1.17. The largest absolute Gasteiger partial charge is 0.481 e. The maximum Gasteiger partial charge on any atom is 0.329 e. The summed E-state index contributed by atoms with van der Waals surface area (Å²) in [6.07, 6.45) is 16.1. The quantitative estimate of drug-likeness (QED) is 0.0172. The number of amides is 5. The smallest absolute Gasteiger partial charge is 0.329 e. The number of aliphatic carboxylic acids is 1. The molecule has 0 aromatic rings. The zero-order valence-corrected chi connectivity index (χ0v) is 56.5. The van der Waals surface area contributed by atoms with Gasteiger partial charge in [0.15, 0.2) is 0 Å². The van der Waals surface area contributed by atoms with Crippen molar-refractivity contribution in [2.75, 3.05) is 126 Å². The summed E-state index contributed by atoms with van der Waals surface area (Å²) in [5.41, 5.74) is -2.15. The van der Waals surface area contributed by atoms with Gasteiger partial charge in [-0.2, -0.15) is 0 Å². The third-order valence-electron chi connectivity index (χ3n) is 13.1. The molecule has 0 aliphatic carbocycles. The molecule has 0 aromatic carbocycles. The highest BCUT2D eigenvalue weighted by Gasteiger charge is 2.30. The molecule has 0 unspecified atom stereocenters. The summed E-state index contributed by atoms with van der Waals surface area (Å²) in [7, 11) is 4.16. The third-order valence-corrected chi connectivity index (χ3v) is 13.1. The molecule has 0 aromatic heterocycles. The third kappa shape index (κ3) is 57.8. The van der Waals surface area contributed by atoms with Crippen LogP contribution >= 0.6 is 0 Å². The van der Waals surface area contributed by atoms with Crippen molar-refractivity contribution in [3.63, 3.8) is 0 Å². The van der Waals surface area contributed by atoms with E-state index in [4.69, 9.17) is 47.7 Å². The van der Waals surface area contributed by atoms with E-state index < -0.39 is 58.6 Å². The minimum absolute atomic E-state index is 0.0310. The Morgan fingerprint density at radius 2 is 0.719 bits per heavy atom. The van der Waals surface area contributed by atoms with Crippen LogP contribution in [0.5, 0.6) is 0 Å². The summed E-state index contributed by atoms with van der Waals surface area (Å²) < 4.78 is 49.7. The molecule has 0 heterocycles. The first-order chi connectivity index (χ1) is 42.0. The van der Waals surface area contributed by atoms with Gasteiger partial charge in [-0.15, -0.1) is 0 Å². The molecule has 0 aliphatic rings. The van der Waals surface area contributed by atoms with Crippen molar-refractivity contribution in [3.05, 3.63) is 0 Å². The van der Waals surface area contributed by atoms with E-state index in [1.807, 2.05) is 20.8 Å². The van der Waals surface area contributed by atoms with Gasteiger partial charge in [-0.25, -0.2) is 9.59 Å². The Morgan fingerprint density at radius 1 is 0.360 bits per heavy atom. The molecule has 0 fully saturated rings. The number of likely N-dealkylation sites (N-methyl/N-ethyl adjacent to an activating group) is 1. The lowest BCUT2D eigenvalue weighted by Gasteiger charge is -2.29. The van der Waals surface area contributed by atoms with E-state index in [1.165, 1.54) is 38.5 Å². The highest BCUT2D eigenvalue weighted by atomic mass is 16.6. The van der Waals surface area contributed by atoms with Gasteiger partial charge >= 0.3 is 23.9 Å². The summed E-state index contributed by atoms with van der Waals surface area (Å²) in [4.78, 5) is 112. The zero-order chi connectivity index (χ0) is 66.8. The summed E-state index contributed by atoms with van der Waals surface area (Å²) in [6, 6.07) is -2.27. The molecule has 0 bridgehead atoms. The SMILES string of the molecule is CC(C)(C)OC(=O)CCCCCCCCCCCCCCCCC(=O)N[C@@H](CCC(=O)N[C@@H](CCC(=O)NCCOCCOCC(=O)NCCOCCOCC(=O)NCCC[N+](C)(C)CCOCCOCCC(=O)O)C(=O)OC(C)(C)C)C(=O)OC(C)(C)C. The Balaban J connectivity index is 4.40. The highest BCUT2D eigenvalue weighted by molar-refractivity contribution is 5.87. The van der Waals surface area contributed by atoms with Crippen molar-refractivity contribution in [2.24, 2.45) is 0 Å². The monoisotopic (exact) mass is 1280 g/mol. The molecule has 0 rings (SSSR count). The van der Waals surface area contributed by atoms with Crippen LogP contribution in [0.2, 0.25) is 0 Å². The zero-order valence-electron chi connectivity index (χ0n) is 56.5. The van der Waals surface area contributed by atoms with Gasteiger partial charge in [-0.3, -0.25) is 33.6 Å². The van der Waals surface area contributed by atoms with E-state index in [0.717, 1.165) is 64.5 Å². The Kier molecular flexibility index (Phi) is 47.7. The number of esters is 3. The first kappa shape index (κ1) is 84.0. The van der Waals surface area contributed by atoms with Crippen molar-refractivity contribution < 1.29 is 95.4 Å². The molecule has 2 atom stereocenters. The van der Waals surface area contributed by atoms with Crippen LogP contribution in [0.3, 0.4) is 0 Å². The number of hydrogen-bond acceptors (Lipinski definition) is 18. The van der Waals surface area contributed by atoms with Crippen LogP contribution < -0.4 is 26.6 Å². The fourth-order valence-electron chi connectivity index (χ4n) is 8.52. The number of carbonyl (C=O) groups is 9. The predicted octanol–water partition coefficient (Wildman–Crippen LogP) is 6.17. The molecule has 6 N–H and O–H groups in total. The minimum Gasteiger partial charge on any atom is -0.481 e. The van der Waals surface area contributed by atoms with Gasteiger partial charge in [0.25, 0.3) is 0 Å². The van der Waals surface area contributed by atoms with Gasteiger partial charge in [0.1, 0.15) is 48.6 Å². The average molecular weight is 1280 g/mol. The molecular weight excluding hydrogens is 1160 g/mol. The number of carbonyl (C=O) groups excluding carboxylic acids is 8. The number of quaternary nitrogens is 1. The average Bonchev–Trinajstić information content (AvgIpc) is 2.70. The number of carboxylic acid groups (broad SMARTS) is 1. The van der Waals surface area contributed by atoms with Crippen LogP contribution in [0.4, 0.5) is 0 Å². The van der Waals surface area contributed by atoms with E-state index in [1.54, 1.807) is 41.5 Å². The van der Waals surface area contributed by atoms with E-state index in [2.05, 4.69) is 40.7 Å². The molecule has 89 heavy (non-hydrogen) atoms. The second kappa shape index (κ2) is 50.6. The number of unbranched alkanes of at least 4 members (excludes halogenated alkanes) is 13. The lowest BCUT2D eigenvalue weighted by atomic mass is 10.0. The molecule has 518 valence electrons. The Morgan fingerprint density at radius 3 is 1.16 bits per heavy atom. The second-order valence-corrected chi connectivity index (χ2v) is 25.9. The number of nitrogens with one attached hydrogen (secondary N) is 5. The summed E-state index contributed by atoms with van der Waals surface area (Å²) >= 11 is 0. The number of ether oxygens (including phenoxy) is 9. The fraction of sp³-hybridized carbons (Fsp3) is 0.859. The normalized spacial score (nSPS) is 12.6. The van der Waals surface area contributed by atoms with Gasteiger partial charge in [0.05, 0.1) is 93.1 Å². The summed E-state index contributed by atoms with van der Waals surface area (Å²) in [6.45, 7) is 20.7. The van der Waals surface area contributed by atoms with Crippen molar-refractivity contribution in [1.82, 2.24) is 26.6 Å². The maximum absolute atomic E-state index is 13.3. The van der Waals surface area contributed by atoms with Crippen LogP contribution in [-0.2, 0) is 85.8 Å². The number of rotatable bonds is 56. The van der Waals surface area contributed by atoms with Gasteiger partial charge in [-0.1, -0.05) is 77.0 Å². The molecular formula is C64H119N6O19+. The van der Waals surface area contributed by atoms with E-state index >= 15 is 0 Å². The maximum atomic E-state index is 13.3. The lowest BCUT2D eigenvalue weighted by Crippen LogP contribution is -2.47. The predicted molar refractivity (Wildman–Crippen MR) is 336 cm³/mol. The van der Waals surface area contributed by atoms with E-state index in [9.17, 15) is 43.2 Å². The fourth-order valence-corrected chi connectivity index (χ4v) is 8.52. The Hall–Kier alpha value is -5.05. The van der Waals surface area contributed by atoms with Crippen LogP contribution in [-0.4, -0.2) is 218 Å². The Bertz CT molecular complexity index is 1970. The molecule has 0 saturated heterocycles. The molecule has 0 spiro atoms. The molecule has 25 heteroatoms. The van der Waals surface area contributed by atoms with Crippen molar-refractivity contribution in [3.8, 4) is 0 Å². The Labute approximate surface area is 532 Å². The molecule has 25 nitrogen and oxygen atoms in total. The van der Waals surface area contributed by atoms with Crippen LogP contribution in [0.15, 0.2) is 0 Å². The topological polar surface area (TPSA) is 317 Å². The summed E-state index contributed by atoms with van der Waals surface area (Å²) in [5.74, 6) is -4.26. The van der Waals surface area contributed by atoms with Crippen LogP contribution in [0.1, 0.15) is 204 Å². The molecule has 0 saturated carbocycles. The van der Waals surface area contributed by atoms with Gasteiger partial charge in [0, 0.05) is 51.7 Å². The van der Waals surface area contributed by atoms with Crippen LogP contribution in [0, 0.1) is 0 Å². The number of nitrogens with zero attached hydrogens (tertiary/aromatic N) is 1. The van der Waals surface area contributed by atoms with Gasteiger partial charge in [-0.05, 0) is 88.0 Å². The first-order valence-corrected chi connectivity index (χ1v) is 32.5. The second-order valence-electron chi connectivity index (χ2n) is 25.9. The number of carboxylic acids is 1. The van der Waals surface area contributed by atoms with Gasteiger partial charge in [0.2, 0.25) is 29.5 Å². The molecule has 0 radical (unpaired) electrons. The highest BCUT2D eigenvalue weighted by Crippen LogP contribution is 2.17. The van der Waals surface area contributed by atoms with Crippen molar-refractivity contribution in [2.45, 2.75) is 232 Å². The van der Waals surface area contributed by atoms with Crippen molar-refractivity contribution >= 4 is 53.4 Å². The van der Waals surface area contributed by atoms with E-state index in [-0.39, 0.29) is 135 Å². The standard InChI is InChI=1S/C64H118N6O19/c1-62(2,3)87-59(78)28-25-23-21-19-17-15-13-12-14-16-18-20-22-24-27-54(72)68-52(61(80)89-64(7,8)9)30-32-55(73)69-51(60(79)88-63(4,5)6)29-31-53(71)66-35-40-82-45-48-86-50-57(75)67-36-41-83-46-47-85-49-56(74)65-34-26-37-70(10,11)38-42-84-44-43-81-39-33-58(76)77/h51-52H,12-50H2,1-11H3,(H5-,65,66,67,68,69,71,72,73,74,75,76,77)/p+1/t51-,52-/m0/s1. The molecule has 0 aliphatic heterocycles.